The molecule has 5 nitrogen and oxygen atoms in total. The molecule has 9 heavy (non-hydrogen) atoms. The van der Waals surface area contributed by atoms with Crippen LogP contribution in [0.2, 0.25) is 0 Å². The van der Waals surface area contributed by atoms with Gasteiger partial charge in [0.25, 0.3) is 0 Å². The summed E-state index contributed by atoms with van der Waals surface area (Å²) in [5, 5.41) is 11.5. The number of amides is 1. The number of nitrogens with one attached hydrogen (secondary N) is 1. The largest absolute Gasteiger partial charge is 0.548 e. The van der Waals surface area contributed by atoms with Crippen molar-refractivity contribution in [2.75, 3.05) is 13.7 Å². The Labute approximate surface area is 51.6 Å². The maximum absolute atomic E-state index is 10.1. The summed E-state index contributed by atoms with van der Waals surface area (Å²) in [6.45, 7) is -0.521. The van der Waals surface area contributed by atoms with Crippen LogP contribution in [-0.2, 0) is 9.53 Å². The minimum absolute atomic E-state index is 0.521. The first-order chi connectivity index (χ1) is 4.16. The summed E-state index contributed by atoms with van der Waals surface area (Å²) in [4.78, 5) is 19.7. The second-order valence-corrected chi connectivity index (χ2v) is 1.22. The fraction of sp³-hybridized carbons (Fsp3) is 0.500. The lowest BCUT2D eigenvalue weighted by Gasteiger charge is -2.02. The Kier molecular flexibility index (Phi) is 3.19. The van der Waals surface area contributed by atoms with E-state index in [1.165, 1.54) is 0 Å². The van der Waals surface area contributed by atoms with Crippen molar-refractivity contribution in [1.29, 1.82) is 0 Å². The number of hydrogen-bond acceptors (Lipinski definition) is 4. The third kappa shape index (κ3) is 4.60. The maximum atomic E-state index is 10.1. The van der Waals surface area contributed by atoms with Crippen LogP contribution >= 0.6 is 0 Å². The quantitative estimate of drug-likeness (QED) is 0.475. The molecule has 0 aromatic rings. The number of carboxylic acids is 1. The smallest absolute Gasteiger partial charge is 0.407 e. The third-order valence-corrected chi connectivity index (χ3v) is 0.562. The van der Waals surface area contributed by atoms with Gasteiger partial charge in [0.05, 0.1) is 19.6 Å². The van der Waals surface area contributed by atoms with E-state index in [1.807, 2.05) is 5.32 Å². The van der Waals surface area contributed by atoms with Crippen LogP contribution in [0.15, 0.2) is 0 Å². The van der Waals surface area contributed by atoms with Crippen LogP contribution in [0.1, 0.15) is 0 Å². The van der Waals surface area contributed by atoms with Crippen molar-refractivity contribution in [3.8, 4) is 0 Å². The van der Waals surface area contributed by atoms with Gasteiger partial charge in [0.15, 0.2) is 0 Å². The Hall–Kier alpha value is -1.26. The second-order valence-electron chi connectivity index (χ2n) is 1.22. The van der Waals surface area contributed by atoms with E-state index in [-0.39, 0.29) is 0 Å². The fourth-order valence-corrected chi connectivity index (χ4v) is 0.217. The van der Waals surface area contributed by atoms with Crippen molar-refractivity contribution in [3.63, 3.8) is 0 Å². The summed E-state index contributed by atoms with van der Waals surface area (Å²) in [7, 11) is 1.14. The van der Waals surface area contributed by atoms with Crippen molar-refractivity contribution in [1.82, 2.24) is 5.32 Å². The number of carbonyl (C=O) groups excluding carboxylic acids is 2. The molecule has 52 valence electrons. The van der Waals surface area contributed by atoms with Gasteiger partial charge < -0.3 is 20.0 Å². The van der Waals surface area contributed by atoms with Crippen molar-refractivity contribution in [2.24, 2.45) is 0 Å². The van der Waals surface area contributed by atoms with Crippen LogP contribution in [0.3, 0.4) is 0 Å². The lowest BCUT2D eigenvalue weighted by molar-refractivity contribution is -0.303. The van der Waals surface area contributed by atoms with Gasteiger partial charge in [0.1, 0.15) is 0 Å². The minimum atomic E-state index is -1.35. The SMILES string of the molecule is COC(=O)NCC(=O)[O-]. The summed E-state index contributed by atoms with van der Waals surface area (Å²) in [5.41, 5.74) is 0. The van der Waals surface area contributed by atoms with Crippen molar-refractivity contribution in [3.05, 3.63) is 0 Å². The van der Waals surface area contributed by atoms with E-state index in [9.17, 15) is 14.7 Å². The molecule has 0 aromatic carbocycles. The molecule has 0 aliphatic heterocycles. The normalized spacial score (nSPS) is 8.11. The van der Waals surface area contributed by atoms with Crippen molar-refractivity contribution >= 4 is 12.1 Å². The Morgan fingerprint density at radius 3 is 2.56 bits per heavy atom. The number of aliphatic carboxylic acids is 1. The van der Waals surface area contributed by atoms with E-state index in [2.05, 4.69) is 4.74 Å². The molecule has 0 radical (unpaired) electrons. The zero-order valence-corrected chi connectivity index (χ0v) is 4.84. The Morgan fingerprint density at radius 1 is 1.67 bits per heavy atom. The standard InChI is InChI=1S/C4H7NO4/c1-9-4(8)5-2-3(6)7/h2H2,1H3,(H,5,8)(H,6,7)/p-1. The molecule has 1 amide bonds. The van der Waals surface area contributed by atoms with E-state index in [0.29, 0.717) is 0 Å². The molecule has 5 heteroatoms. The van der Waals surface area contributed by atoms with Gasteiger partial charge in [-0.05, 0) is 0 Å². The predicted octanol–water partition coefficient (Wildman–Crippen LogP) is -1.91. The van der Waals surface area contributed by atoms with E-state index in [4.69, 9.17) is 0 Å². The number of hydrogen-bond donors (Lipinski definition) is 1. The minimum Gasteiger partial charge on any atom is -0.548 e. The van der Waals surface area contributed by atoms with E-state index in [1.54, 1.807) is 0 Å². The van der Waals surface area contributed by atoms with Gasteiger partial charge in [0, 0.05) is 0 Å². The van der Waals surface area contributed by atoms with E-state index >= 15 is 0 Å². The number of ether oxygens (including phenoxy) is 1. The van der Waals surface area contributed by atoms with Gasteiger partial charge in [-0.1, -0.05) is 0 Å². The van der Waals surface area contributed by atoms with E-state index in [0.717, 1.165) is 7.11 Å². The van der Waals surface area contributed by atoms with Gasteiger partial charge in [-0.15, -0.1) is 0 Å². The first-order valence-corrected chi connectivity index (χ1v) is 2.18. The average molecular weight is 132 g/mol. The van der Waals surface area contributed by atoms with Crippen LogP contribution in [0.25, 0.3) is 0 Å². The first kappa shape index (κ1) is 7.74. The number of rotatable bonds is 2. The lowest BCUT2D eigenvalue weighted by atomic mass is 10.7. The molecular formula is C4H6NO4-. The highest BCUT2D eigenvalue weighted by Crippen LogP contribution is 1.67. The molecule has 0 heterocycles. The van der Waals surface area contributed by atoms with Crippen molar-refractivity contribution < 1.29 is 19.4 Å². The molecule has 0 aromatic heterocycles. The molecule has 0 fully saturated rings. The van der Waals surface area contributed by atoms with Gasteiger partial charge in [-0.3, -0.25) is 0 Å². The van der Waals surface area contributed by atoms with Crippen LogP contribution in [-0.4, -0.2) is 25.7 Å². The summed E-state index contributed by atoms with van der Waals surface area (Å²) in [6.07, 6.45) is -0.779. The highest BCUT2D eigenvalue weighted by Gasteiger charge is 1.94. The number of carboxylic acid groups (broad SMARTS) is 1. The molecule has 0 atom stereocenters. The molecule has 0 unspecified atom stereocenters. The monoisotopic (exact) mass is 132 g/mol. The molecule has 0 rings (SSSR count). The third-order valence-electron chi connectivity index (χ3n) is 0.562. The number of methoxy groups -OCH3 is 1. The topological polar surface area (TPSA) is 78.5 Å². The van der Waals surface area contributed by atoms with Gasteiger partial charge in [-0.25, -0.2) is 4.79 Å². The van der Waals surface area contributed by atoms with Gasteiger partial charge >= 0.3 is 6.09 Å². The summed E-state index contributed by atoms with van der Waals surface area (Å²) < 4.78 is 4.06. The molecule has 0 bridgehead atoms. The molecule has 1 N–H and O–H groups in total. The highest BCUT2D eigenvalue weighted by molar-refractivity contribution is 5.75. The Morgan fingerprint density at radius 2 is 2.22 bits per heavy atom. The molecule has 0 aliphatic carbocycles. The fourth-order valence-electron chi connectivity index (χ4n) is 0.217. The molecule has 0 saturated carbocycles. The Balaban J connectivity index is 3.28. The summed E-state index contributed by atoms with van der Waals surface area (Å²) in [5.74, 6) is -1.35. The van der Waals surface area contributed by atoms with Gasteiger partial charge in [0.2, 0.25) is 0 Å². The summed E-state index contributed by atoms with van der Waals surface area (Å²) >= 11 is 0. The highest BCUT2D eigenvalue weighted by atomic mass is 16.5. The van der Waals surface area contributed by atoms with Gasteiger partial charge in [-0.2, -0.15) is 0 Å². The lowest BCUT2D eigenvalue weighted by Crippen LogP contribution is -2.37. The zero-order chi connectivity index (χ0) is 7.28. The second kappa shape index (κ2) is 3.71. The van der Waals surface area contributed by atoms with Crippen LogP contribution in [0.5, 0.6) is 0 Å². The van der Waals surface area contributed by atoms with Crippen LogP contribution < -0.4 is 10.4 Å². The molecule has 0 aliphatic rings. The summed E-state index contributed by atoms with van der Waals surface area (Å²) in [6, 6.07) is 0. The number of alkyl carbamates (subject to hydrolysis) is 1. The average Bonchev–Trinajstić information content (AvgIpc) is 1.83. The van der Waals surface area contributed by atoms with Crippen LogP contribution in [0, 0.1) is 0 Å². The molecule has 0 spiro atoms. The maximum Gasteiger partial charge on any atom is 0.407 e. The van der Waals surface area contributed by atoms with Crippen molar-refractivity contribution in [2.45, 2.75) is 0 Å². The zero-order valence-electron chi connectivity index (χ0n) is 4.84. The Bertz CT molecular complexity index is 122. The number of carbonyl (C=O) groups is 2. The van der Waals surface area contributed by atoms with Crippen LogP contribution in [0.4, 0.5) is 4.79 Å². The predicted molar refractivity (Wildman–Crippen MR) is 25.4 cm³/mol. The van der Waals surface area contributed by atoms with E-state index < -0.39 is 18.6 Å². The molecular weight excluding hydrogens is 126 g/mol. The molecule has 0 saturated heterocycles. The first-order valence-electron chi connectivity index (χ1n) is 2.18.